The fourth-order valence-electron chi connectivity index (χ4n) is 3.63. The average Bonchev–Trinajstić information content (AvgIpc) is 3.47. The second-order valence-corrected chi connectivity index (χ2v) is 11.9. The molecular weight excluding hydrogens is 635 g/mol. The molecule has 14 heteroatoms. The van der Waals surface area contributed by atoms with Crippen LogP contribution in [0.3, 0.4) is 0 Å². The summed E-state index contributed by atoms with van der Waals surface area (Å²) in [4.78, 5) is 47.2. The van der Waals surface area contributed by atoms with Crippen LogP contribution in [0.5, 0.6) is 5.75 Å². The van der Waals surface area contributed by atoms with Crippen LogP contribution in [0, 0.1) is 37.9 Å². The number of nitriles is 1. The predicted octanol–water partition coefficient (Wildman–Crippen LogP) is 3.33. The molecule has 4 amide bonds. The molecule has 0 aliphatic rings. The van der Waals surface area contributed by atoms with E-state index in [1.54, 1.807) is 39.2 Å². The first kappa shape index (κ1) is 41.5. The predicted molar refractivity (Wildman–Crippen MR) is 181 cm³/mol. The molecule has 2 aromatic carbocycles. The molecule has 264 valence electrons. The number of aryl methyl sites for hydroxylation is 3. The molecule has 0 bridgehead atoms. The van der Waals surface area contributed by atoms with E-state index in [9.17, 15) is 28.7 Å². The molecule has 1 unspecified atom stereocenters. The quantitative estimate of drug-likeness (QED) is 0.158. The highest BCUT2D eigenvalue weighted by Crippen LogP contribution is 2.11. The zero-order valence-electron chi connectivity index (χ0n) is 29.1. The Labute approximate surface area is 285 Å². The van der Waals surface area contributed by atoms with E-state index in [0.717, 1.165) is 11.3 Å². The number of ether oxygens (including phenoxy) is 1. The molecule has 0 radical (unpaired) electrons. The van der Waals surface area contributed by atoms with Crippen LogP contribution in [0.15, 0.2) is 65.2 Å². The van der Waals surface area contributed by atoms with Gasteiger partial charge in [-0.2, -0.15) is 5.26 Å². The Morgan fingerprint density at radius 2 is 1.71 bits per heavy atom. The molecule has 13 nitrogen and oxygen atoms in total. The summed E-state index contributed by atoms with van der Waals surface area (Å²) < 4.78 is 23.6. The summed E-state index contributed by atoms with van der Waals surface area (Å²) in [6, 6.07) is 14.4. The molecule has 0 saturated carbocycles. The highest BCUT2D eigenvalue weighted by Gasteiger charge is 2.27. The lowest BCUT2D eigenvalue weighted by molar-refractivity contribution is -0.128. The first-order chi connectivity index (χ1) is 22.9. The van der Waals surface area contributed by atoms with Gasteiger partial charge in [-0.05, 0) is 77.8 Å². The Hall–Kier alpha value is -5.55. The van der Waals surface area contributed by atoms with Crippen molar-refractivity contribution in [3.05, 3.63) is 94.6 Å². The minimum Gasteiger partial charge on any atom is -0.497 e. The van der Waals surface area contributed by atoms with Gasteiger partial charge in [-0.3, -0.25) is 19.2 Å². The lowest BCUT2D eigenvalue weighted by Crippen LogP contribution is -2.53. The minimum absolute atomic E-state index is 0.0388. The van der Waals surface area contributed by atoms with E-state index in [2.05, 4.69) is 33.0 Å². The van der Waals surface area contributed by atoms with E-state index in [0.29, 0.717) is 11.3 Å². The topological polar surface area (TPSA) is 196 Å². The Bertz CT molecular complexity index is 1640. The number of halogens is 1. The van der Waals surface area contributed by atoms with Crippen molar-refractivity contribution in [3.8, 4) is 11.8 Å². The van der Waals surface area contributed by atoms with Gasteiger partial charge in [-0.1, -0.05) is 36.0 Å². The summed E-state index contributed by atoms with van der Waals surface area (Å²) in [5.74, 6) is -1.52. The van der Waals surface area contributed by atoms with Crippen molar-refractivity contribution in [2.45, 2.75) is 72.7 Å². The number of methoxy groups -OCH3 is 1. The number of hydrogen-bond acceptors (Lipinski definition) is 9. The van der Waals surface area contributed by atoms with Crippen molar-refractivity contribution in [2.24, 2.45) is 0 Å². The fourth-order valence-corrected chi connectivity index (χ4v) is 3.63. The van der Waals surface area contributed by atoms with Crippen LogP contribution in [0.2, 0.25) is 0 Å². The molecule has 49 heavy (non-hydrogen) atoms. The third-order valence-corrected chi connectivity index (χ3v) is 6.14. The average molecular weight is 681 g/mol. The molecule has 2 atom stereocenters. The van der Waals surface area contributed by atoms with Crippen LogP contribution in [0.25, 0.3) is 0 Å². The third-order valence-electron chi connectivity index (χ3n) is 6.14. The van der Waals surface area contributed by atoms with E-state index >= 15 is 0 Å². The first-order valence-electron chi connectivity index (χ1n) is 15.1. The van der Waals surface area contributed by atoms with Crippen molar-refractivity contribution >= 4 is 23.6 Å². The third kappa shape index (κ3) is 16.2. The monoisotopic (exact) mass is 680 g/mol. The highest BCUT2D eigenvalue weighted by atomic mass is 19.1. The number of nitrogens with one attached hydrogen (secondary N) is 4. The molecule has 0 fully saturated rings. The van der Waals surface area contributed by atoms with Gasteiger partial charge in [0.2, 0.25) is 11.8 Å². The standard InChI is InChI=1S/C19H23FN4O5.C8H12N2O.C8H10O/c1-10-4-5-13(14(20)6-10)8-21-16(26)9-22-19(28)17(12(3)25)23-18(27)15-7-11(2)29-24-15;1-6(5-9)7(11)10-8(2,3)4;1-7-4-3-5-8(6-7)9-2/h4-7,12,17,25H,8-9H2,1-3H3,(H,21,26)(H,22,28)(H,23,27);1H2,2-4H3,(H,10,11);3-6H,1-2H3/t12-,17?;;/m1../s1. The highest BCUT2D eigenvalue weighted by molar-refractivity contribution is 5.97. The van der Waals surface area contributed by atoms with Crippen LogP contribution in [0.1, 0.15) is 60.6 Å². The summed E-state index contributed by atoms with van der Waals surface area (Å²) in [7, 11) is 1.68. The number of amides is 4. The van der Waals surface area contributed by atoms with Gasteiger partial charge in [0, 0.05) is 23.7 Å². The van der Waals surface area contributed by atoms with Crippen LogP contribution in [0.4, 0.5) is 4.39 Å². The fraction of sp³-hybridized carbons (Fsp3) is 0.371. The zero-order chi connectivity index (χ0) is 37.3. The van der Waals surface area contributed by atoms with Gasteiger partial charge >= 0.3 is 0 Å². The van der Waals surface area contributed by atoms with Crippen molar-refractivity contribution in [1.82, 2.24) is 26.4 Å². The van der Waals surface area contributed by atoms with Crippen molar-refractivity contribution in [1.29, 1.82) is 5.26 Å². The molecule has 0 aliphatic carbocycles. The van der Waals surface area contributed by atoms with Gasteiger partial charge in [0.05, 0.1) is 19.8 Å². The summed E-state index contributed by atoms with van der Waals surface area (Å²) in [5.41, 5.74) is 1.90. The normalized spacial score (nSPS) is 11.4. The molecule has 1 heterocycles. The van der Waals surface area contributed by atoms with E-state index < -0.39 is 48.1 Å². The number of aliphatic hydroxyl groups is 1. The summed E-state index contributed by atoms with van der Waals surface area (Å²) in [6.45, 7) is 15.1. The largest absolute Gasteiger partial charge is 0.497 e. The number of carbonyl (C=O) groups is 4. The van der Waals surface area contributed by atoms with E-state index in [1.807, 2.05) is 52.0 Å². The van der Waals surface area contributed by atoms with Crippen molar-refractivity contribution in [2.75, 3.05) is 13.7 Å². The SMILES string of the molecule is C=C(C#N)C(=O)NC(C)(C)C.COc1cccc(C)c1.Cc1ccc(CNC(=O)CNC(=O)C(NC(=O)c2cc(C)on2)[C@@H](C)O)c(F)c1. The van der Waals surface area contributed by atoms with Gasteiger partial charge in [0.25, 0.3) is 11.8 Å². The maximum Gasteiger partial charge on any atom is 0.274 e. The van der Waals surface area contributed by atoms with E-state index in [4.69, 9.17) is 14.5 Å². The maximum atomic E-state index is 13.8. The second-order valence-electron chi connectivity index (χ2n) is 11.9. The zero-order valence-corrected chi connectivity index (χ0v) is 29.1. The number of hydrogen-bond donors (Lipinski definition) is 5. The number of aromatic nitrogens is 1. The Kier molecular flexibility index (Phi) is 16.9. The molecule has 5 N–H and O–H groups in total. The number of nitrogens with zero attached hydrogens (tertiary/aromatic N) is 2. The second kappa shape index (κ2) is 20.0. The van der Waals surface area contributed by atoms with Gasteiger partial charge in [-0.25, -0.2) is 4.39 Å². The minimum atomic E-state index is -1.30. The molecule has 0 spiro atoms. The number of rotatable bonds is 10. The van der Waals surface area contributed by atoms with E-state index in [-0.39, 0.29) is 23.4 Å². The van der Waals surface area contributed by atoms with Crippen molar-refractivity contribution in [3.63, 3.8) is 0 Å². The Morgan fingerprint density at radius 1 is 1.06 bits per heavy atom. The number of carbonyl (C=O) groups excluding carboxylic acids is 4. The smallest absolute Gasteiger partial charge is 0.274 e. The first-order valence-corrected chi connectivity index (χ1v) is 15.1. The number of benzene rings is 2. The Morgan fingerprint density at radius 3 is 2.20 bits per heavy atom. The summed E-state index contributed by atoms with van der Waals surface area (Å²) in [6.07, 6.45) is -1.23. The van der Waals surface area contributed by atoms with Gasteiger partial charge in [0.1, 0.15) is 35.0 Å². The van der Waals surface area contributed by atoms with Crippen LogP contribution in [-0.2, 0) is 20.9 Å². The van der Waals surface area contributed by atoms with Crippen LogP contribution >= 0.6 is 0 Å². The van der Waals surface area contributed by atoms with Crippen molar-refractivity contribution < 1.29 is 37.9 Å². The Balaban J connectivity index is 0.000000487. The lowest BCUT2D eigenvalue weighted by atomic mass is 10.1. The van der Waals surface area contributed by atoms with Gasteiger partial charge in [-0.15, -0.1) is 0 Å². The molecule has 1 aromatic heterocycles. The maximum absolute atomic E-state index is 13.8. The summed E-state index contributed by atoms with van der Waals surface area (Å²) in [5, 5.41) is 31.4. The van der Waals surface area contributed by atoms with Gasteiger partial charge < -0.3 is 35.6 Å². The molecule has 3 rings (SSSR count). The summed E-state index contributed by atoms with van der Waals surface area (Å²) >= 11 is 0. The number of aliphatic hydroxyl groups excluding tert-OH is 1. The van der Waals surface area contributed by atoms with E-state index in [1.165, 1.54) is 24.6 Å². The van der Waals surface area contributed by atoms with Crippen LogP contribution in [-0.4, -0.2) is 65.2 Å². The molecule has 3 aromatic rings. The lowest BCUT2D eigenvalue weighted by Gasteiger charge is -2.20. The van der Waals surface area contributed by atoms with Crippen LogP contribution < -0.4 is 26.0 Å². The molecule has 0 saturated heterocycles. The molecular formula is C35H45FN6O7. The molecule has 0 aliphatic heterocycles. The van der Waals surface area contributed by atoms with Gasteiger partial charge in [0.15, 0.2) is 5.69 Å².